The van der Waals surface area contributed by atoms with Crippen LogP contribution in [-0.4, -0.2) is 44.1 Å². The number of pyridine rings is 1. The molecule has 2 aromatic heterocycles. The molecule has 1 aliphatic rings. The first-order chi connectivity index (χ1) is 16.7. The van der Waals surface area contributed by atoms with Gasteiger partial charge < -0.3 is 10.2 Å². The molecule has 2 atom stereocenters. The minimum Gasteiger partial charge on any atom is -0.340 e. The third-order valence-corrected chi connectivity index (χ3v) is 6.33. The first-order valence-corrected chi connectivity index (χ1v) is 11.7. The van der Waals surface area contributed by atoms with E-state index in [4.69, 9.17) is 11.6 Å². The molecular formula is C26H25ClFN5O2. The predicted molar refractivity (Wildman–Crippen MR) is 132 cm³/mol. The Morgan fingerprint density at radius 3 is 2.66 bits per heavy atom. The summed E-state index contributed by atoms with van der Waals surface area (Å²) in [6, 6.07) is 7.83. The zero-order chi connectivity index (χ0) is 25.1. The van der Waals surface area contributed by atoms with Crippen LogP contribution < -0.4 is 5.32 Å². The predicted octanol–water partition coefficient (Wildman–Crippen LogP) is 4.60. The highest BCUT2D eigenvalue weighted by Crippen LogP contribution is 2.30. The Morgan fingerprint density at radius 2 is 1.97 bits per heavy atom. The van der Waals surface area contributed by atoms with Gasteiger partial charge in [-0.3, -0.25) is 14.3 Å². The van der Waals surface area contributed by atoms with Gasteiger partial charge in [-0.25, -0.2) is 9.37 Å². The summed E-state index contributed by atoms with van der Waals surface area (Å²) in [5.41, 5.74) is 2.18. The molecule has 2 unspecified atom stereocenters. The number of hydrogen-bond acceptors (Lipinski definition) is 4. The number of aryl methyl sites for hydroxylation is 1. The molecule has 0 spiro atoms. The van der Waals surface area contributed by atoms with Gasteiger partial charge in [0, 0.05) is 36.8 Å². The third-order valence-electron chi connectivity index (χ3n) is 6.05. The Bertz CT molecular complexity index is 1340. The van der Waals surface area contributed by atoms with Crippen molar-refractivity contribution >= 4 is 29.2 Å². The first-order valence-electron chi connectivity index (χ1n) is 11.3. The number of likely N-dealkylation sites (tertiary alicyclic amines) is 1. The second-order valence-electron chi connectivity index (χ2n) is 8.63. The van der Waals surface area contributed by atoms with Crippen LogP contribution in [0.5, 0.6) is 0 Å². The van der Waals surface area contributed by atoms with Gasteiger partial charge in [0.05, 0.1) is 17.3 Å². The maximum absolute atomic E-state index is 13.3. The number of rotatable bonds is 3. The molecule has 7 nitrogen and oxygen atoms in total. The second kappa shape index (κ2) is 10.3. The SMILES string of the molecule is CC(=O)N1CCC(n2ncc(Cl)c2C(=O)Nc2ncc(C#Cc3cccc(F)c3)cc2C)CC1C. The van der Waals surface area contributed by atoms with Crippen molar-refractivity contribution in [3.05, 3.63) is 75.9 Å². The lowest BCUT2D eigenvalue weighted by Crippen LogP contribution is -2.44. The summed E-state index contributed by atoms with van der Waals surface area (Å²) < 4.78 is 15.0. The van der Waals surface area contributed by atoms with Crippen LogP contribution in [0.3, 0.4) is 0 Å². The van der Waals surface area contributed by atoms with E-state index < -0.39 is 5.91 Å². The van der Waals surface area contributed by atoms with E-state index in [2.05, 4.69) is 27.2 Å². The van der Waals surface area contributed by atoms with Gasteiger partial charge in [-0.15, -0.1) is 0 Å². The molecule has 4 rings (SSSR count). The van der Waals surface area contributed by atoms with E-state index in [1.54, 1.807) is 36.0 Å². The molecule has 0 radical (unpaired) electrons. The van der Waals surface area contributed by atoms with E-state index in [0.717, 1.165) is 5.56 Å². The molecule has 3 aromatic rings. The minimum absolute atomic E-state index is 0.0371. The highest BCUT2D eigenvalue weighted by molar-refractivity contribution is 6.34. The lowest BCUT2D eigenvalue weighted by atomic mass is 9.98. The van der Waals surface area contributed by atoms with Crippen LogP contribution in [0.25, 0.3) is 0 Å². The largest absolute Gasteiger partial charge is 0.340 e. The first kappa shape index (κ1) is 24.4. The zero-order valence-electron chi connectivity index (χ0n) is 19.7. The molecule has 1 N–H and O–H groups in total. The van der Waals surface area contributed by atoms with Crippen LogP contribution in [-0.2, 0) is 4.79 Å². The molecule has 9 heteroatoms. The quantitative estimate of drug-likeness (QED) is 0.541. The number of carbonyl (C=O) groups excluding carboxylic acids is 2. The van der Waals surface area contributed by atoms with Gasteiger partial charge in [0.2, 0.25) is 5.91 Å². The van der Waals surface area contributed by atoms with E-state index in [1.165, 1.54) is 18.3 Å². The smallest absolute Gasteiger partial charge is 0.276 e. The summed E-state index contributed by atoms with van der Waals surface area (Å²) in [5, 5.41) is 7.43. The average Bonchev–Trinajstić information content (AvgIpc) is 3.20. The maximum Gasteiger partial charge on any atom is 0.276 e. The molecule has 0 aliphatic carbocycles. The second-order valence-corrected chi connectivity index (χ2v) is 9.04. The number of benzene rings is 1. The van der Waals surface area contributed by atoms with Gasteiger partial charge in [0.15, 0.2) is 0 Å². The van der Waals surface area contributed by atoms with Crippen molar-refractivity contribution in [1.82, 2.24) is 19.7 Å². The summed E-state index contributed by atoms with van der Waals surface area (Å²) in [6.45, 7) is 5.96. The molecule has 1 aliphatic heterocycles. The van der Waals surface area contributed by atoms with Crippen molar-refractivity contribution in [2.45, 2.75) is 45.7 Å². The Morgan fingerprint density at radius 1 is 1.20 bits per heavy atom. The number of carbonyl (C=O) groups is 2. The van der Waals surface area contributed by atoms with Gasteiger partial charge in [0.1, 0.15) is 17.3 Å². The van der Waals surface area contributed by atoms with Gasteiger partial charge in [-0.2, -0.15) is 5.10 Å². The summed E-state index contributed by atoms with van der Waals surface area (Å²) in [4.78, 5) is 31.1. The maximum atomic E-state index is 13.3. The van der Waals surface area contributed by atoms with Crippen LogP contribution >= 0.6 is 11.6 Å². The molecular weight excluding hydrogens is 469 g/mol. The fraction of sp³-hybridized carbons (Fsp3) is 0.308. The third kappa shape index (κ3) is 5.52. The topological polar surface area (TPSA) is 80.1 Å². The van der Waals surface area contributed by atoms with Gasteiger partial charge in [-0.1, -0.05) is 29.5 Å². The monoisotopic (exact) mass is 493 g/mol. The van der Waals surface area contributed by atoms with Crippen LogP contribution in [0.4, 0.5) is 10.2 Å². The van der Waals surface area contributed by atoms with Crippen LogP contribution in [0, 0.1) is 24.6 Å². The molecule has 2 amide bonds. The molecule has 0 bridgehead atoms. The normalized spacial score (nSPS) is 17.5. The Kier molecular flexibility index (Phi) is 7.17. The Hall–Kier alpha value is -3.70. The molecule has 3 heterocycles. The van der Waals surface area contributed by atoms with E-state index >= 15 is 0 Å². The number of amides is 2. The van der Waals surface area contributed by atoms with E-state index in [1.807, 2.05) is 18.7 Å². The summed E-state index contributed by atoms with van der Waals surface area (Å²) >= 11 is 6.34. The number of halogens is 2. The fourth-order valence-corrected chi connectivity index (χ4v) is 4.54. The molecule has 1 aromatic carbocycles. The average molecular weight is 494 g/mol. The number of nitrogens with one attached hydrogen (secondary N) is 1. The van der Waals surface area contributed by atoms with Crippen molar-refractivity contribution in [2.75, 3.05) is 11.9 Å². The van der Waals surface area contributed by atoms with E-state index in [9.17, 15) is 14.0 Å². The van der Waals surface area contributed by atoms with Crippen molar-refractivity contribution in [3.8, 4) is 11.8 Å². The lowest BCUT2D eigenvalue weighted by Gasteiger charge is -2.37. The summed E-state index contributed by atoms with van der Waals surface area (Å²) in [5.74, 6) is 5.53. The van der Waals surface area contributed by atoms with Crippen LogP contribution in [0.15, 0.2) is 42.7 Å². The minimum atomic E-state index is -0.414. The summed E-state index contributed by atoms with van der Waals surface area (Å²) in [6.07, 6.45) is 4.36. The molecule has 180 valence electrons. The van der Waals surface area contributed by atoms with Crippen molar-refractivity contribution in [3.63, 3.8) is 0 Å². The van der Waals surface area contributed by atoms with Crippen molar-refractivity contribution in [1.29, 1.82) is 0 Å². The number of nitrogens with zero attached hydrogens (tertiary/aromatic N) is 4. The fourth-order valence-electron chi connectivity index (χ4n) is 4.32. The standard InChI is InChI=1S/C26H25ClFN5O2/c1-16-11-20(8-7-19-5-4-6-21(28)13-19)14-29-25(16)31-26(35)24-23(27)15-30-33(24)22-9-10-32(18(3)34)17(2)12-22/h4-6,11,13-15,17,22H,9-10,12H2,1-3H3,(H,29,31,35). The van der Waals surface area contributed by atoms with E-state index in [-0.39, 0.29) is 34.5 Å². The molecule has 0 saturated carbocycles. The number of aromatic nitrogens is 3. The number of anilines is 1. The van der Waals surface area contributed by atoms with Crippen molar-refractivity contribution in [2.24, 2.45) is 0 Å². The van der Waals surface area contributed by atoms with Crippen LogP contribution in [0.1, 0.15) is 59.9 Å². The Labute approximate surface area is 208 Å². The Balaban J connectivity index is 1.50. The molecule has 1 fully saturated rings. The highest BCUT2D eigenvalue weighted by Gasteiger charge is 2.31. The number of hydrogen-bond donors (Lipinski definition) is 1. The van der Waals surface area contributed by atoms with E-state index in [0.29, 0.717) is 36.3 Å². The van der Waals surface area contributed by atoms with Crippen molar-refractivity contribution < 1.29 is 14.0 Å². The van der Waals surface area contributed by atoms with Gasteiger partial charge in [-0.05, 0) is 56.5 Å². The molecule has 1 saturated heterocycles. The zero-order valence-corrected chi connectivity index (χ0v) is 20.4. The van der Waals surface area contributed by atoms with Gasteiger partial charge in [0.25, 0.3) is 5.91 Å². The summed E-state index contributed by atoms with van der Waals surface area (Å²) in [7, 11) is 0. The van der Waals surface area contributed by atoms with Crippen LogP contribution in [0.2, 0.25) is 5.02 Å². The lowest BCUT2D eigenvalue weighted by molar-refractivity contribution is -0.132. The highest BCUT2D eigenvalue weighted by atomic mass is 35.5. The van der Waals surface area contributed by atoms with Gasteiger partial charge >= 0.3 is 0 Å². The molecule has 35 heavy (non-hydrogen) atoms. The number of piperidine rings is 1.